The fourth-order valence-corrected chi connectivity index (χ4v) is 2.59. The number of benzene rings is 1. The van der Waals surface area contributed by atoms with E-state index in [1.807, 2.05) is 26.0 Å². The second kappa shape index (κ2) is 9.08. The first-order valence-corrected chi connectivity index (χ1v) is 8.31. The van der Waals surface area contributed by atoms with Crippen molar-refractivity contribution in [3.8, 4) is 11.5 Å². The molecule has 0 bridgehead atoms. The van der Waals surface area contributed by atoms with E-state index in [0.717, 1.165) is 11.1 Å². The van der Waals surface area contributed by atoms with Crippen LogP contribution in [0.25, 0.3) is 6.08 Å². The molecule has 0 fully saturated rings. The molecule has 0 radical (unpaired) electrons. The lowest BCUT2D eigenvalue weighted by Crippen LogP contribution is -2.24. The van der Waals surface area contributed by atoms with Crippen molar-refractivity contribution < 1.29 is 14.3 Å². The van der Waals surface area contributed by atoms with Gasteiger partial charge in [-0.1, -0.05) is 17.7 Å². The number of ether oxygens (including phenoxy) is 2. The van der Waals surface area contributed by atoms with Crippen molar-refractivity contribution in [2.24, 2.45) is 0 Å². The molecule has 1 aromatic carbocycles. The van der Waals surface area contributed by atoms with Crippen LogP contribution < -0.4 is 14.8 Å². The zero-order valence-electron chi connectivity index (χ0n) is 14.5. The maximum atomic E-state index is 12.1. The number of hydrogen-bond donors (Lipinski definition) is 1. The Kier molecular flexibility index (Phi) is 6.83. The number of halogens is 1. The van der Waals surface area contributed by atoms with Crippen LogP contribution in [-0.2, 0) is 4.79 Å². The number of amides is 1. The SMILES string of the molecule is CCOc1cc(/C=C/C(=O)NC(C)c2cccnc2)cc(Cl)c1OC. The second-order valence-electron chi connectivity index (χ2n) is 5.32. The van der Waals surface area contributed by atoms with Crippen LogP contribution in [0.2, 0.25) is 5.02 Å². The third kappa shape index (κ3) is 5.22. The summed E-state index contributed by atoms with van der Waals surface area (Å²) in [6.07, 6.45) is 6.56. The highest BCUT2D eigenvalue weighted by Gasteiger charge is 2.11. The number of carbonyl (C=O) groups excluding carboxylic acids is 1. The Bertz CT molecular complexity index is 748. The number of carbonyl (C=O) groups is 1. The van der Waals surface area contributed by atoms with Crippen molar-refractivity contribution in [2.75, 3.05) is 13.7 Å². The molecule has 0 aliphatic carbocycles. The Morgan fingerprint density at radius 2 is 2.24 bits per heavy atom. The van der Waals surface area contributed by atoms with Crippen LogP contribution in [0.5, 0.6) is 11.5 Å². The van der Waals surface area contributed by atoms with Crippen LogP contribution in [-0.4, -0.2) is 24.6 Å². The normalized spacial score (nSPS) is 12.0. The molecule has 5 nitrogen and oxygen atoms in total. The molecule has 1 aromatic heterocycles. The Morgan fingerprint density at radius 3 is 2.88 bits per heavy atom. The molecule has 25 heavy (non-hydrogen) atoms. The van der Waals surface area contributed by atoms with Crippen molar-refractivity contribution >= 4 is 23.6 Å². The van der Waals surface area contributed by atoms with E-state index < -0.39 is 0 Å². The van der Waals surface area contributed by atoms with Gasteiger partial charge in [0.1, 0.15) is 0 Å². The Labute approximate surface area is 152 Å². The van der Waals surface area contributed by atoms with Crippen molar-refractivity contribution in [3.63, 3.8) is 0 Å². The van der Waals surface area contributed by atoms with Gasteiger partial charge >= 0.3 is 0 Å². The Morgan fingerprint density at radius 1 is 1.44 bits per heavy atom. The summed E-state index contributed by atoms with van der Waals surface area (Å²) in [7, 11) is 1.53. The molecule has 1 N–H and O–H groups in total. The minimum absolute atomic E-state index is 0.135. The van der Waals surface area contributed by atoms with E-state index >= 15 is 0 Å². The van der Waals surface area contributed by atoms with Crippen LogP contribution in [0.15, 0.2) is 42.7 Å². The zero-order chi connectivity index (χ0) is 18.2. The second-order valence-corrected chi connectivity index (χ2v) is 5.72. The molecule has 1 atom stereocenters. The third-order valence-electron chi connectivity index (χ3n) is 3.51. The Hall–Kier alpha value is -2.53. The lowest BCUT2D eigenvalue weighted by atomic mass is 10.1. The summed E-state index contributed by atoms with van der Waals surface area (Å²) in [5, 5.41) is 3.32. The van der Waals surface area contributed by atoms with Gasteiger partial charge in [0.25, 0.3) is 0 Å². The number of methoxy groups -OCH3 is 1. The first-order valence-electron chi connectivity index (χ1n) is 7.94. The summed E-state index contributed by atoms with van der Waals surface area (Å²) < 4.78 is 10.8. The van der Waals surface area contributed by atoms with Crippen LogP contribution in [0.1, 0.15) is 31.0 Å². The van der Waals surface area contributed by atoms with E-state index in [2.05, 4.69) is 10.3 Å². The summed E-state index contributed by atoms with van der Waals surface area (Å²) >= 11 is 6.20. The van der Waals surface area contributed by atoms with E-state index in [4.69, 9.17) is 21.1 Å². The van der Waals surface area contributed by atoms with Gasteiger partial charge in [0, 0.05) is 18.5 Å². The summed E-state index contributed by atoms with van der Waals surface area (Å²) in [6, 6.07) is 7.12. The number of rotatable bonds is 7. The quantitative estimate of drug-likeness (QED) is 0.757. The molecular weight excluding hydrogens is 340 g/mol. The maximum absolute atomic E-state index is 12.1. The first-order chi connectivity index (χ1) is 12.0. The maximum Gasteiger partial charge on any atom is 0.244 e. The monoisotopic (exact) mass is 360 g/mol. The zero-order valence-corrected chi connectivity index (χ0v) is 15.2. The minimum atomic E-state index is -0.207. The molecule has 1 heterocycles. The van der Waals surface area contributed by atoms with E-state index in [9.17, 15) is 4.79 Å². The average Bonchev–Trinajstić information content (AvgIpc) is 2.61. The molecular formula is C19H21ClN2O3. The molecule has 132 valence electrons. The standard InChI is InChI=1S/C19H21ClN2O3/c1-4-25-17-11-14(10-16(20)19(17)24-3)7-8-18(23)22-13(2)15-6-5-9-21-12-15/h5-13H,4H2,1-3H3,(H,22,23)/b8-7+. The molecule has 6 heteroatoms. The van der Waals surface area contributed by atoms with Crippen molar-refractivity contribution in [1.82, 2.24) is 10.3 Å². The number of nitrogens with zero attached hydrogens (tertiary/aromatic N) is 1. The molecule has 1 amide bonds. The molecule has 1 unspecified atom stereocenters. The van der Waals surface area contributed by atoms with Gasteiger partial charge < -0.3 is 14.8 Å². The third-order valence-corrected chi connectivity index (χ3v) is 3.79. The van der Waals surface area contributed by atoms with E-state index in [1.54, 1.807) is 30.6 Å². The predicted molar refractivity (Wildman–Crippen MR) is 99.0 cm³/mol. The molecule has 0 spiro atoms. The fourth-order valence-electron chi connectivity index (χ4n) is 2.29. The summed E-state index contributed by atoms with van der Waals surface area (Å²) in [6.45, 7) is 4.27. The number of pyridine rings is 1. The number of aromatic nitrogens is 1. The smallest absolute Gasteiger partial charge is 0.244 e. The molecule has 0 saturated carbocycles. The van der Waals surface area contributed by atoms with Crippen LogP contribution in [0.4, 0.5) is 0 Å². The first kappa shape index (κ1) is 18.8. The number of nitrogens with one attached hydrogen (secondary N) is 1. The highest BCUT2D eigenvalue weighted by Crippen LogP contribution is 2.36. The average molecular weight is 361 g/mol. The van der Waals surface area contributed by atoms with Crippen LogP contribution in [0, 0.1) is 0 Å². The largest absolute Gasteiger partial charge is 0.491 e. The minimum Gasteiger partial charge on any atom is -0.491 e. The van der Waals surface area contributed by atoms with Gasteiger partial charge in [-0.3, -0.25) is 9.78 Å². The van der Waals surface area contributed by atoms with Crippen molar-refractivity contribution in [2.45, 2.75) is 19.9 Å². The van der Waals surface area contributed by atoms with E-state index in [-0.39, 0.29) is 11.9 Å². The highest BCUT2D eigenvalue weighted by molar-refractivity contribution is 6.32. The molecule has 2 aromatic rings. The van der Waals surface area contributed by atoms with Crippen LogP contribution >= 0.6 is 11.6 Å². The number of hydrogen-bond acceptors (Lipinski definition) is 4. The van der Waals surface area contributed by atoms with Crippen molar-refractivity contribution in [1.29, 1.82) is 0 Å². The lowest BCUT2D eigenvalue weighted by molar-refractivity contribution is -0.117. The summed E-state index contributed by atoms with van der Waals surface area (Å²) in [5.41, 5.74) is 1.69. The van der Waals surface area contributed by atoms with Gasteiger partial charge in [-0.05, 0) is 49.2 Å². The van der Waals surface area contributed by atoms with Gasteiger partial charge in [-0.15, -0.1) is 0 Å². The molecule has 0 aliphatic heterocycles. The van der Waals surface area contributed by atoms with Gasteiger partial charge in [0.05, 0.1) is 24.8 Å². The molecule has 0 aliphatic rings. The lowest BCUT2D eigenvalue weighted by Gasteiger charge is -2.13. The predicted octanol–water partition coefficient (Wildman–Crippen LogP) is 4.03. The molecule has 0 saturated heterocycles. The van der Waals surface area contributed by atoms with Gasteiger partial charge in [-0.2, -0.15) is 0 Å². The summed E-state index contributed by atoms with van der Waals surface area (Å²) in [4.78, 5) is 16.2. The highest BCUT2D eigenvalue weighted by atomic mass is 35.5. The van der Waals surface area contributed by atoms with Gasteiger partial charge in [0.15, 0.2) is 11.5 Å². The van der Waals surface area contributed by atoms with Gasteiger partial charge in [0.2, 0.25) is 5.91 Å². The fraction of sp³-hybridized carbons (Fsp3) is 0.263. The molecule has 2 rings (SSSR count). The van der Waals surface area contributed by atoms with Crippen molar-refractivity contribution in [3.05, 3.63) is 58.9 Å². The van der Waals surface area contributed by atoms with E-state index in [1.165, 1.54) is 13.2 Å². The van der Waals surface area contributed by atoms with E-state index in [0.29, 0.717) is 23.1 Å². The Balaban J connectivity index is 2.09. The summed E-state index contributed by atoms with van der Waals surface area (Å²) in [5.74, 6) is 0.817. The van der Waals surface area contributed by atoms with Gasteiger partial charge in [-0.25, -0.2) is 0 Å². The van der Waals surface area contributed by atoms with Crippen LogP contribution in [0.3, 0.4) is 0 Å². The topological polar surface area (TPSA) is 60.5 Å².